The lowest BCUT2D eigenvalue weighted by Crippen LogP contribution is -1.99. The van der Waals surface area contributed by atoms with Gasteiger partial charge >= 0.3 is 0 Å². The number of rotatable bonds is 1. The topological polar surface area (TPSA) is 12.9 Å². The van der Waals surface area contributed by atoms with Crippen molar-refractivity contribution < 1.29 is 4.39 Å². The highest BCUT2D eigenvalue weighted by atomic mass is 79.9. The van der Waals surface area contributed by atoms with E-state index in [1.54, 1.807) is 12.1 Å². The van der Waals surface area contributed by atoms with E-state index in [1.165, 1.54) is 42.7 Å². The molecule has 19 heavy (non-hydrogen) atoms. The number of aromatic nitrogens is 1. The van der Waals surface area contributed by atoms with E-state index in [0.717, 1.165) is 28.6 Å². The summed E-state index contributed by atoms with van der Waals surface area (Å²) in [5.41, 5.74) is 4.44. The summed E-state index contributed by atoms with van der Waals surface area (Å²) >= 11 is 3.67. The first-order valence-corrected chi connectivity index (χ1v) is 7.47. The van der Waals surface area contributed by atoms with E-state index in [4.69, 9.17) is 4.98 Å². The molecule has 3 heteroatoms. The quantitative estimate of drug-likeness (QED) is 0.680. The van der Waals surface area contributed by atoms with Crippen LogP contribution in [-0.2, 0) is 12.8 Å². The third kappa shape index (κ3) is 2.71. The minimum atomic E-state index is -0.211. The minimum absolute atomic E-state index is 0.211. The smallest absolute Gasteiger partial charge is 0.123 e. The fourth-order valence-electron chi connectivity index (χ4n) is 2.60. The maximum atomic E-state index is 13.0. The van der Waals surface area contributed by atoms with E-state index < -0.39 is 0 Å². The molecular weight excluding hydrogens is 305 g/mol. The Morgan fingerprint density at radius 2 is 1.74 bits per heavy atom. The summed E-state index contributed by atoms with van der Waals surface area (Å²) in [7, 11) is 0. The van der Waals surface area contributed by atoms with Crippen LogP contribution in [0.2, 0.25) is 0 Å². The Labute approximate surface area is 121 Å². The molecule has 0 bridgehead atoms. The van der Waals surface area contributed by atoms with Gasteiger partial charge < -0.3 is 0 Å². The summed E-state index contributed by atoms with van der Waals surface area (Å²) in [6, 6.07) is 8.59. The second-order valence-electron chi connectivity index (χ2n) is 4.98. The Kier molecular flexibility index (Phi) is 3.65. The fourth-order valence-corrected chi connectivity index (χ4v) is 3.24. The van der Waals surface area contributed by atoms with Crippen LogP contribution in [0.15, 0.2) is 34.8 Å². The lowest BCUT2D eigenvalue weighted by Gasteiger charge is -2.11. The first-order valence-electron chi connectivity index (χ1n) is 6.68. The van der Waals surface area contributed by atoms with Crippen molar-refractivity contribution in [1.82, 2.24) is 4.98 Å². The highest BCUT2D eigenvalue weighted by Crippen LogP contribution is 2.30. The SMILES string of the molecule is Fc1ccc(-c2cc(Br)c3c(n2)CCCCC3)cc1. The monoisotopic (exact) mass is 319 g/mol. The van der Waals surface area contributed by atoms with Crippen LogP contribution in [0.25, 0.3) is 11.3 Å². The van der Waals surface area contributed by atoms with Crippen LogP contribution in [0.3, 0.4) is 0 Å². The van der Waals surface area contributed by atoms with Crippen molar-refractivity contribution in [2.24, 2.45) is 0 Å². The molecule has 1 nitrogen and oxygen atoms in total. The average Bonchev–Trinajstić information content (AvgIpc) is 2.65. The molecule has 3 rings (SSSR count). The normalized spacial score (nSPS) is 14.8. The minimum Gasteiger partial charge on any atom is -0.252 e. The van der Waals surface area contributed by atoms with Crippen LogP contribution >= 0.6 is 15.9 Å². The fraction of sp³-hybridized carbons (Fsp3) is 0.312. The molecule has 98 valence electrons. The molecule has 0 fully saturated rings. The van der Waals surface area contributed by atoms with E-state index >= 15 is 0 Å². The second-order valence-corrected chi connectivity index (χ2v) is 5.84. The molecule has 0 atom stereocenters. The molecule has 0 spiro atoms. The molecule has 0 aliphatic heterocycles. The van der Waals surface area contributed by atoms with Gasteiger partial charge in [0.15, 0.2) is 0 Å². The Morgan fingerprint density at radius 1 is 1.00 bits per heavy atom. The summed E-state index contributed by atoms with van der Waals surface area (Å²) in [6.45, 7) is 0. The van der Waals surface area contributed by atoms with Gasteiger partial charge in [0.05, 0.1) is 5.69 Å². The summed E-state index contributed by atoms with van der Waals surface area (Å²) in [4.78, 5) is 4.78. The Morgan fingerprint density at radius 3 is 2.53 bits per heavy atom. The highest BCUT2D eigenvalue weighted by molar-refractivity contribution is 9.10. The van der Waals surface area contributed by atoms with E-state index in [9.17, 15) is 4.39 Å². The van der Waals surface area contributed by atoms with Crippen molar-refractivity contribution in [3.8, 4) is 11.3 Å². The first-order chi connectivity index (χ1) is 9.24. The molecule has 0 radical (unpaired) electrons. The highest BCUT2D eigenvalue weighted by Gasteiger charge is 2.14. The van der Waals surface area contributed by atoms with Crippen LogP contribution in [0.5, 0.6) is 0 Å². The van der Waals surface area contributed by atoms with Crippen molar-refractivity contribution >= 4 is 15.9 Å². The van der Waals surface area contributed by atoms with Crippen molar-refractivity contribution in [1.29, 1.82) is 0 Å². The molecule has 0 saturated carbocycles. The van der Waals surface area contributed by atoms with Gasteiger partial charge in [-0.3, -0.25) is 4.98 Å². The van der Waals surface area contributed by atoms with Crippen molar-refractivity contribution in [3.63, 3.8) is 0 Å². The van der Waals surface area contributed by atoms with E-state index in [0.29, 0.717) is 0 Å². The number of pyridine rings is 1. The molecular formula is C16H15BrFN. The Bertz CT molecular complexity index is 592. The summed E-state index contributed by atoms with van der Waals surface area (Å²) in [5.74, 6) is -0.211. The van der Waals surface area contributed by atoms with Gasteiger partial charge in [0.2, 0.25) is 0 Å². The van der Waals surface area contributed by atoms with Gasteiger partial charge in [-0.15, -0.1) is 0 Å². The summed E-state index contributed by atoms with van der Waals surface area (Å²) in [6.07, 6.45) is 5.87. The van der Waals surface area contributed by atoms with Crippen LogP contribution in [0.1, 0.15) is 30.5 Å². The van der Waals surface area contributed by atoms with Crippen LogP contribution in [0, 0.1) is 5.82 Å². The van der Waals surface area contributed by atoms with Crippen molar-refractivity contribution in [3.05, 3.63) is 51.9 Å². The molecule has 1 aromatic heterocycles. The zero-order valence-electron chi connectivity index (χ0n) is 10.6. The van der Waals surface area contributed by atoms with Gasteiger partial charge in [-0.05, 0) is 61.6 Å². The van der Waals surface area contributed by atoms with Gasteiger partial charge in [-0.2, -0.15) is 0 Å². The van der Waals surface area contributed by atoms with E-state index in [1.807, 2.05) is 0 Å². The standard InChI is InChI=1S/C16H15BrFN/c17-14-10-16(11-6-8-12(18)9-7-11)19-15-5-3-1-2-4-13(14)15/h6-10H,1-5H2. The molecule has 1 aromatic carbocycles. The number of aryl methyl sites for hydroxylation is 1. The van der Waals surface area contributed by atoms with Gasteiger partial charge in [-0.25, -0.2) is 4.39 Å². The van der Waals surface area contributed by atoms with Gasteiger partial charge in [0, 0.05) is 15.7 Å². The molecule has 0 amide bonds. The second kappa shape index (κ2) is 5.41. The van der Waals surface area contributed by atoms with E-state index in [2.05, 4.69) is 22.0 Å². The molecule has 0 N–H and O–H groups in total. The van der Waals surface area contributed by atoms with Crippen molar-refractivity contribution in [2.75, 3.05) is 0 Å². The number of nitrogens with zero attached hydrogens (tertiary/aromatic N) is 1. The number of hydrogen-bond acceptors (Lipinski definition) is 1. The molecule has 1 aliphatic rings. The predicted molar refractivity (Wildman–Crippen MR) is 78.6 cm³/mol. The first kappa shape index (κ1) is 12.8. The van der Waals surface area contributed by atoms with Gasteiger partial charge in [0.1, 0.15) is 5.82 Å². The Hall–Kier alpha value is -1.22. The number of hydrogen-bond donors (Lipinski definition) is 0. The zero-order valence-corrected chi connectivity index (χ0v) is 12.2. The molecule has 1 aliphatic carbocycles. The Balaban J connectivity index is 2.06. The third-order valence-corrected chi connectivity index (χ3v) is 4.34. The van der Waals surface area contributed by atoms with Gasteiger partial charge in [-0.1, -0.05) is 22.4 Å². The molecule has 1 heterocycles. The van der Waals surface area contributed by atoms with Crippen molar-refractivity contribution in [2.45, 2.75) is 32.1 Å². The average molecular weight is 320 g/mol. The molecule has 0 saturated heterocycles. The predicted octanol–water partition coefficient (Wildman–Crippen LogP) is 4.92. The number of benzene rings is 1. The number of halogens is 2. The lowest BCUT2D eigenvalue weighted by molar-refractivity contribution is 0.628. The number of fused-ring (bicyclic) bond motifs is 1. The summed E-state index contributed by atoms with van der Waals surface area (Å²) in [5, 5.41) is 0. The maximum Gasteiger partial charge on any atom is 0.123 e. The van der Waals surface area contributed by atoms with Crippen LogP contribution in [0.4, 0.5) is 4.39 Å². The molecule has 2 aromatic rings. The van der Waals surface area contributed by atoms with Crippen LogP contribution in [-0.4, -0.2) is 4.98 Å². The maximum absolute atomic E-state index is 13.0. The van der Waals surface area contributed by atoms with Crippen LogP contribution < -0.4 is 0 Å². The van der Waals surface area contributed by atoms with Gasteiger partial charge in [0.25, 0.3) is 0 Å². The third-order valence-electron chi connectivity index (χ3n) is 3.64. The zero-order chi connectivity index (χ0) is 13.2. The lowest BCUT2D eigenvalue weighted by atomic mass is 10.1. The van der Waals surface area contributed by atoms with E-state index in [-0.39, 0.29) is 5.82 Å². The summed E-state index contributed by atoms with van der Waals surface area (Å²) < 4.78 is 14.1. The largest absolute Gasteiger partial charge is 0.252 e. The molecule has 0 unspecified atom stereocenters.